The molecule has 0 amide bonds. The average molecular weight is 356 g/mol. The van der Waals surface area contributed by atoms with Crippen molar-refractivity contribution < 1.29 is 9.90 Å². The summed E-state index contributed by atoms with van der Waals surface area (Å²) in [7, 11) is 0. The number of aromatic carboxylic acids is 1. The van der Waals surface area contributed by atoms with Crippen LogP contribution in [0.25, 0.3) is 17.2 Å². The predicted molar refractivity (Wildman–Crippen MR) is 112 cm³/mol. The highest BCUT2D eigenvalue weighted by Gasteiger charge is 2.04. The second kappa shape index (κ2) is 8.50. The summed E-state index contributed by atoms with van der Waals surface area (Å²) in [5.74, 6) is -0.885. The summed E-state index contributed by atoms with van der Waals surface area (Å²) in [6.45, 7) is 4.22. The maximum Gasteiger partial charge on any atom is 0.335 e. The quantitative estimate of drug-likeness (QED) is 0.561. The van der Waals surface area contributed by atoms with E-state index in [-0.39, 0.29) is 0 Å². The highest BCUT2D eigenvalue weighted by Crippen LogP contribution is 2.26. The number of hydrogen-bond acceptors (Lipinski definition) is 1. The fraction of sp³-hybridized carbons (Fsp3) is 0.160. The minimum absolute atomic E-state index is 0.330. The van der Waals surface area contributed by atoms with E-state index in [4.69, 9.17) is 5.11 Å². The van der Waals surface area contributed by atoms with Gasteiger partial charge in [0.1, 0.15) is 0 Å². The Bertz CT molecular complexity index is 949. The molecule has 0 unspecified atom stereocenters. The lowest BCUT2D eigenvalue weighted by molar-refractivity contribution is 0.0697. The zero-order valence-corrected chi connectivity index (χ0v) is 15.8. The fourth-order valence-electron chi connectivity index (χ4n) is 3.07. The van der Waals surface area contributed by atoms with Crippen LogP contribution in [0.2, 0.25) is 0 Å². The lowest BCUT2D eigenvalue weighted by atomic mass is 9.96. The summed E-state index contributed by atoms with van der Waals surface area (Å²) in [5, 5.41) is 8.96. The monoisotopic (exact) mass is 356 g/mol. The van der Waals surface area contributed by atoms with Gasteiger partial charge in [0.2, 0.25) is 0 Å². The third-order valence-electron chi connectivity index (χ3n) is 4.67. The van der Waals surface area contributed by atoms with Gasteiger partial charge in [-0.05, 0) is 61.1 Å². The van der Waals surface area contributed by atoms with Gasteiger partial charge in [-0.25, -0.2) is 4.79 Å². The molecule has 0 saturated carbocycles. The van der Waals surface area contributed by atoms with Gasteiger partial charge >= 0.3 is 5.97 Å². The number of carboxylic acids is 1. The molecule has 136 valence electrons. The first-order valence-electron chi connectivity index (χ1n) is 9.19. The summed E-state index contributed by atoms with van der Waals surface area (Å²) in [6, 6.07) is 22.3. The zero-order chi connectivity index (χ0) is 19.2. The molecule has 3 rings (SSSR count). The van der Waals surface area contributed by atoms with Crippen molar-refractivity contribution in [3.63, 3.8) is 0 Å². The normalized spacial score (nSPS) is 11.0. The molecule has 0 aliphatic heterocycles. The molecule has 0 saturated heterocycles. The molecule has 0 atom stereocenters. The molecule has 0 aliphatic carbocycles. The molecule has 0 aromatic heterocycles. The molecule has 2 heteroatoms. The number of allylic oxidation sites excluding steroid dienone is 1. The van der Waals surface area contributed by atoms with E-state index >= 15 is 0 Å². The van der Waals surface area contributed by atoms with Crippen LogP contribution in [0, 0.1) is 13.8 Å². The molecule has 3 aromatic rings. The van der Waals surface area contributed by atoms with Gasteiger partial charge in [-0.1, -0.05) is 77.9 Å². The van der Waals surface area contributed by atoms with Gasteiger partial charge in [-0.15, -0.1) is 0 Å². The maximum atomic E-state index is 10.9. The molecule has 2 nitrogen and oxygen atoms in total. The number of hydrogen-bond donors (Lipinski definition) is 1. The second-order valence-electron chi connectivity index (χ2n) is 6.90. The zero-order valence-electron chi connectivity index (χ0n) is 15.8. The Kier molecular flexibility index (Phi) is 5.87. The van der Waals surface area contributed by atoms with E-state index in [0.29, 0.717) is 5.56 Å². The first-order chi connectivity index (χ1) is 13.0. The smallest absolute Gasteiger partial charge is 0.335 e. The Morgan fingerprint density at radius 2 is 1.56 bits per heavy atom. The number of carbonyl (C=O) groups is 1. The molecule has 0 heterocycles. The Labute approximate surface area is 160 Å². The third kappa shape index (κ3) is 4.95. The van der Waals surface area contributed by atoms with Gasteiger partial charge in [0.05, 0.1) is 5.56 Å². The van der Waals surface area contributed by atoms with Gasteiger partial charge in [-0.3, -0.25) is 0 Å². The van der Waals surface area contributed by atoms with Crippen molar-refractivity contribution in [2.24, 2.45) is 0 Å². The van der Waals surface area contributed by atoms with E-state index in [1.54, 1.807) is 12.1 Å². The average Bonchev–Trinajstić information content (AvgIpc) is 2.67. The van der Waals surface area contributed by atoms with Crippen LogP contribution in [-0.4, -0.2) is 11.1 Å². The standard InChI is InChI=1S/C25H24O2/c1-18-7-12-22(13-8-18)24-17-19(2)9-14-21(24)6-4-3-5-20-10-15-23(16-11-20)25(26)27/h4,6-17H,3,5H2,1-2H3,(H,26,27)/b6-4+. The molecular formula is C25H24O2. The van der Waals surface area contributed by atoms with E-state index in [0.717, 1.165) is 18.4 Å². The Morgan fingerprint density at radius 3 is 2.22 bits per heavy atom. The number of aryl methyl sites for hydroxylation is 3. The van der Waals surface area contributed by atoms with Crippen LogP contribution in [0.4, 0.5) is 0 Å². The molecular weight excluding hydrogens is 332 g/mol. The highest BCUT2D eigenvalue weighted by molar-refractivity contribution is 5.87. The van der Waals surface area contributed by atoms with Crippen LogP contribution >= 0.6 is 0 Å². The lowest BCUT2D eigenvalue weighted by Gasteiger charge is -2.09. The Hall–Kier alpha value is -3.13. The predicted octanol–water partition coefficient (Wildman–Crippen LogP) is 6.31. The fourth-order valence-corrected chi connectivity index (χ4v) is 3.07. The van der Waals surface area contributed by atoms with E-state index in [9.17, 15) is 4.79 Å². The molecule has 0 spiro atoms. The topological polar surface area (TPSA) is 37.3 Å². The van der Waals surface area contributed by atoms with Crippen LogP contribution < -0.4 is 0 Å². The van der Waals surface area contributed by atoms with Gasteiger partial charge < -0.3 is 5.11 Å². The number of rotatable bonds is 6. The van der Waals surface area contributed by atoms with Crippen LogP contribution in [-0.2, 0) is 6.42 Å². The number of benzene rings is 3. The van der Waals surface area contributed by atoms with Crippen LogP contribution in [0.15, 0.2) is 72.8 Å². The lowest BCUT2D eigenvalue weighted by Crippen LogP contribution is -1.95. The van der Waals surface area contributed by atoms with Gasteiger partial charge in [0, 0.05) is 0 Å². The summed E-state index contributed by atoms with van der Waals surface area (Å²) in [5.41, 5.74) is 7.68. The molecule has 3 aromatic carbocycles. The summed E-state index contributed by atoms with van der Waals surface area (Å²) >= 11 is 0. The maximum absolute atomic E-state index is 10.9. The van der Waals surface area contributed by atoms with Crippen LogP contribution in [0.5, 0.6) is 0 Å². The van der Waals surface area contributed by atoms with Crippen LogP contribution in [0.3, 0.4) is 0 Å². The van der Waals surface area contributed by atoms with Gasteiger partial charge in [0.25, 0.3) is 0 Å². The SMILES string of the molecule is Cc1ccc(-c2cc(C)ccc2/C=C/CCc2ccc(C(=O)O)cc2)cc1. The van der Waals surface area contributed by atoms with Crippen LogP contribution in [0.1, 0.15) is 39.0 Å². The van der Waals surface area contributed by atoms with Gasteiger partial charge in [-0.2, -0.15) is 0 Å². The highest BCUT2D eigenvalue weighted by atomic mass is 16.4. The third-order valence-corrected chi connectivity index (χ3v) is 4.67. The van der Waals surface area contributed by atoms with E-state index in [2.05, 4.69) is 68.5 Å². The molecule has 1 N–H and O–H groups in total. The van der Waals surface area contributed by atoms with Crippen molar-refractivity contribution in [3.8, 4) is 11.1 Å². The summed E-state index contributed by atoms with van der Waals surface area (Å²) in [4.78, 5) is 10.9. The second-order valence-corrected chi connectivity index (χ2v) is 6.90. The van der Waals surface area contributed by atoms with Crippen molar-refractivity contribution in [2.75, 3.05) is 0 Å². The van der Waals surface area contributed by atoms with Crippen molar-refractivity contribution >= 4 is 12.0 Å². The van der Waals surface area contributed by atoms with Gasteiger partial charge in [0.15, 0.2) is 0 Å². The van der Waals surface area contributed by atoms with E-state index in [1.165, 1.54) is 27.8 Å². The van der Waals surface area contributed by atoms with Crippen molar-refractivity contribution in [3.05, 3.63) is 101 Å². The molecule has 0 radical (unpaired) electrons. The molecule has 0 bridgehead atoms. The molecule has 0 fully saturated rings. The summed E-state index contributed by atoms with van der Waals surface area (Å²) in [6.07, 6.45) is 6.17. The van der Waals surface area contributed by atoms with Crippen molar-refractivity contribution in [1.82, 2.24) is 0 Å². The van der Waals surface area contributed by atoms with Crippen molar-refractivity contribution in [1.29, 1.82) is 0 Å². The minimum atomic E-state index is -0.885. The minimum Gasteiger partial charge on any atom is -0.478 e. The van der Waals surface area contributed by atoms with E-state index in [1.807, 2.05) is 12.1 Å². The molecule has 0 aliphatic rings. The number of carboxylic acid groups (broad SMARTS) is 1. The largest absolute Gasteiger partial charge is 0.478 e. The molecule has 27 heavy (non-hydrogen) atoms. The first-order valence-corrected chi connectivity index (χ1v) is 9.19. The Balaban J connectivity index is 1.71. The van der Waals surface area contributed by atoms with Crippen molar-refractivity contribution in [2.45, 2.75) is 26.7 Å². The van der Waals surface area contributed by atoms with E-state index < -0.39 is 5.97 Å². The Morgan fingerprint density at radius 1 is 0.889 bits per heavy atom. The first kappa shape index (κ1) is 18.7. The summed E-state index contributed by atoms with van der Waals surface area (Å²) < 4.78 is 0.